The van der Waals surface area contributed by atoms with Gasteiger partial charge in [-0.3, -0.25) is 4.79 Å². The van der Waals surface area contributed by atoms with Crippen molar-refractivity contribution in [3.05, 3.63) is 42.5 Å². The Hall–Kier alpha value is -1.77. The molecule has 3 heteroatoms. The molecule has 1 aromatic carbocycles. The summed E-state index contributed by atoms with van der Waals surface area (Å²) in [7, 11) is 0. The summed E-state index contributed by atoms with van der Waals surface area (Å²) in [6.07, 6.45) is 2.03. The van der Waals surface area contributed by atoms with Crippen molar-refractivity contribution < 1.29 is 9.90 Å². The van der Waals surface area contributed by atoms with Gasteiger partial charge < -0.3 is 10.0 Å². The van der Waals surface area contributed by atoms with E-state index in [9.17, 15) is 9.90 Å². The van der Waals surface area contributed by atoms with Crippen LogP contribution in [0.2, 0.25) is 0 Å². The number of benzene rings is 1. The predicted octanol–water partition coefficient (Wildman–Crippen LogP) is 2.36. The van der Waals surface area contributed by atoms with Gasteiger partial charge in [0.25, 0.3) is 0 Å². The monoisotopic (exact) mass is 233 g/mol. The highest BCUT2D eigenvalue weighted by Gasteiger charge is 2.15. The maximum absolute atomic E-state index is 12.1. The zero-order chi connectivity index (χ0) is 12.8. The third-order valence-electron chi connectivity index (χ3n) is 2.54. The summed E-state index contributed by atoms with van der Waals surface area (Å²) in [4.78, 5) is 13.8. The number of nitrogens with zero attached hydrogens (tertiary/aromatic N) is 1. The van der Waals surface area contributed by atoms with Crippen molar-refractivity contribution in [2.75, 3.05) is 6.54 Å². The van der Waals surface area contributed by atoms with Crippen LogP contribution in [0.3, 0.4) is 0 Å². The first-order valence-electron chi connectivity index (χ1n) is 5.73. The fraction of sp³-hybridized carbons (Fsp3) is 0.357. The van der Waals surface area contributed by atoms with Gasteiger partial charge in [0.1, 0.15) is 5.75 Å². The molecule has 0 spiro atoms. The van der Waals surface area contributed by atoms with Gasteiger partial charge in [-0.05, 0) is 31.5 Å². The minimum absolute atomic E-state index is 0.0468. The Morgan fingerprint density at radius 1 is 1.53 bits per heavy atom. The molecule has 1 aromatic rings. The lowest BCUT2D eigenvalue weighted by Crippen LogP contribution is -2.38. The van der Waals surface area contributed by atoms with Gasteiger partial charge >= 0.3 is 0 Å². The average molecular weight is 233 g/mol. The summed E-state index contributed by atoms with van der Waals surface area (Å²) < 4.78 is 0. The minimum Gasteiger partial charge on any atom is -0.508 e. The van der Waals surface area contributed by atoms with Crippen LogP contribution in [0.4, 0.5) is 0 Å². The van der Waals surface area contributed by atoms with E-state index >= 15 is 0 Å². The maximum Gasteiger partial charge on any atom is 0.227 e. The lowest BCUT2D eigenvalue weighted by molar-refractivity contribution is -0.131. The molecule has 17 heavy (non-hydrogen) atoms. The van der Waals surface area contributed by atoms with Crippen molar-refractivity contribution in [3.8, 4) is 5.75 Å². The molecule has 0 aliphatic carbocycles. The van der Waals surface area contributed by atoms with Crippen LogP contribution in [0.5, 0.6) is 5.75 Å². The summed E-state index contributed by atoms with van der Waals surface area (Å²) in [5, 5.41) is 9.34. The van der Waals surface area contributed by atoms with E-state index in [0.29, 0.717) is 13.0 Å². The smallest absolute Gasteiger partial charge is 0.227 e. The number of phenolic OH excluding ortho intramolecular Hbond substituents is 1. The highest BCUT2D eigenvalue weighted by atomic mass is 16.3. The van der Waals surface area contributed by atoms with E-state index in [-0.39, 0.29) is 17.7 Å². The van der Waals surface area contributed by atoms with Gasteiger partial charge in [0.15, 0.2) is 0 Å². The SMILES string of the molecule is C=CCN(C(=O)Cc1cccc(O)c1)C(C)C. The van der Waals surface area contributed by atoms with Crippen LogP contribution in [0, 0.1) is 0 Å². The number of carbonyl (C=O) groups is 1. The molecule has 0 bridgehead atoms. The number of hydrogen-bond donors (Lipinski definition) is 1. The van der Waals surface area contributed by atoms with Crippen LogP contribution in [-0.4, -0.2) is 28.5 Å². The van der Waals surface area contributed by atoms with Gasteiger partial charge in [-0.15, -0.1) is 6.58 Å². The molecule has 92 valence electrons. The second kappa shape index (κ2) is 6.09. The molecule has 0 fully saturated rings. The summed E-state index contributed by atoms with van der Waals surface area (Å²) >= 11 is 0. The van der Waals surface area contributed by atoms with Crippen LogP contribution in [0.25, 0.3) is 0 Å². The normalized spacial score (nSPS) is 10.3. The molecule has 3 nitrogen and oxygen atoms in total. The lowest BCUT2D eigenvalue weighted by Gasteiger charge is -2.25. The summed E-state index contributed by atoms with van der Waals surface area (Å²) in [6, 6.07) is 6.94. The Labute approximate surface area is 102 Å². The Kier molecular flexibility index (Phi) is 4.76. The molecular weight excluding hydrogens is 214 g/mol. The van der Waals surface area contributed by atoms with E-state index in [1.807, 2.05) is 19.9 Å². The number of aromatic hydroxyl groups is 1. The molecular formula is C14H19NO2. The van der Waals surface area contributed by atoms with Crippen LogP contribution in [-0.2, 0) is 11.2 Å². The second-order valence-electron chi connectivity index (χ2n) is 4.28. The van der Waals surface area contributed by atoms with E-state index in [1.54, 1.807) is 29.2 Å². The van der Waals surface area contributed by atoms with Crippen molar-refractivity contribution in [1.29, 1.82) is 0 Å². The van der Waals surface area contributed by atoms with Crippen LogP contribution < -0.4 is 0 Å². The lowest BCUT2D eigenvalue weighted by atomic mass is 10.1. The van der Waals surface area contributed by atoms with Gasteiger partial charge in [0.05, 0.1) is 6.42 Å². The molecule has 1 rings (SSSR count). The standard InChI is InChI=1S/C14H19NO2/c1-4-8-15(11(2)3)14(17)10-12-6-5-7-13(16)9-12/h4-7,9,11,16H,1,8,10H2,2-3H3. The number of phenols is 1. The summed E-state index contributed by atoms with van der Waals surface area (Å²) in [6.45, 7) is 8.16. The largest absolute Gasteiger partial charge is 0.508 e. The first kappa shape index (κ1) is 13.3. The molecule has 0 heterocycles. The first-order chi connectivity index (χ1) is 8.04. The zero-order valence-electron chi connectivity index (χ0n) is 10.4. The highest BCUT2D eigenvalue weighted by molar-refractivity contribution is 5.79. The molecule has 0 radical (unpaired) electrons. The van der Waals surface area contributed by atoms with Gasteiger partial charge in [0, 0.05) is 12.6 Å². The Morgan fingerprint density at radius 3 is 2.76 bits per heavy atom. The fourth-order valence-electron chi connectivity index (χ4n) is 1.68. The van der Waals surface area contributed by atoms with Crippen LogP contribution >= 0.6 is 0 Å². The summed E-state index contributed by atoms with van der Waals surface area (Å²) in [5.74, 6) is 0.237. The van der Waals surface area contributed by atoms with Crippen molar-refractivity contribution in [3.63, 3.8) is 0 Å². The van der Waals surface area contributed by atoms with E-state index in [0.717, 1.165) is 5.56 Å². The number of carbonyl (C=O) groups excluding carboxylic acids is 1. The molecule has 0 unspecified atom stereocenters. The number of hydrogen-bond acceptors (Lipinski definition) is 2. The van der Waals surface area contributed by atoms with Gasteiger partial charge in [0.2, 0.25) is 5.91 Å². The van der Waals surface area contributed by atoms with Crippen LogP contribution in [0.1, 0.15) is 19.4 Å². The van der Waals surface area contributed by atoms with E-state index < -0.39 is 0 Å². The molecule has 0 saturated heterocycles. The predicted molar refractivity (Wildman–Crippen MR) is 68.9 cm³/mol. The highest BCUT2D eigenvalue weighted by Crippen LogP contribution is 2.13. The molecule has 0 aliphatic heterocycles. The molecule has 0 saturated carbocycles. The van der Waals surface area contributed by atoms with Gasteiger partial charge in [-0.25, -0.2) is 0 Å². The van der Waals surface area contributed by atoms with Crippen molar-refractivity contribution in [2.45, 2.75) is 26.3 Å². The van der Waals surface area contributed by atoms with Crippen molar-refractivity contribution in [2.24, 2.45) is 0 Å². The topological polar surface area (TPSA) is 40.5 Å². The molecule has 0 aromatic heterocycles. The maximum atomic E-state index is 12.1. The summed E-state index contributed by atoms with van der Waals surface area (Å²) in [5.41, 5.74) is 0.824. The third kappa shape index (κ3) is 3.94. The third-order valence-corrected chi connectivity index (χ3v) is 2.54. The molecule has 0 aliphatic rings. The Balaban J connectivity index is 2.73. The molecule has 1 amide bonds. The minimum atomic E-state index is 0.0468. The van der Waals surface area contributed by atoms with Crippen molar-refractivity contribution in [1.82, 2.24) is 4.90 Å². The number of rotatable bonds is 5. The molecule has 1 N–H and O–H groups in total. The van der Waals surface area contributed by atoms with Gasteiger partial charge in [-0.1, -0.05) is 18.2 Å². The van der Waals surface area contributed by atoms with E-state index in [1.165, 1.54) is 0 Å². The average Bonchev–Trinajstić information content (AvgIpc) is 2.25. The zero-order valence-corrected chi connectivity index (χ0v) is 10.4. The molecule has 0 atom stereocenters. The van der Waals surface area contributed by atoms with Crippen LogP contribution in [0.15, 0.2) is 36.9 Å². The van der Waals surface area contributed by atoms with Gasteiger partial charge in [-0.2, -0.15) is 0 Å². The second-order valence-corrected chi connectivity index (χ2v) is 4.28. The number of amides is 1. The first-order valence-corrected chi connectivity index (χ1v) is 5.73. The quantitative estimate of drug-likeness (QED) is 0.793. The van der Waals surface area contributed by atoms with E-state index in [2.05, 4.69) is 6.58 Å². The van der Waals surface area contributed by atoms with E-state index in [4.69, 9.17) is 0 Å². The fourth-order valence-corrected chi connectivity index (χ4v) is 1.68. The Morgan fingerprint density at radius 2 is 2.24 bits per heavy atom. The van der Waals surface area contributed by atoms with Crippen molar-refractivity contribution >= 4 is 5.91 Å². The Bertz CT molecular complexity index is 399.